The molecule has 2 heterocycles. The Bertz CT molecular complexity index is 1640. The number of quaternary nitrogens is 2. The molecule has 0 saturated carbocycles. The smallest absolute Gasteiger partial charge is 0.254 e. The maximum Gasteiger partial charge on any atom is 0.254 e. The number of benzene rings is 4. The Morgan fingerprint density at radius 1 is 0.442 bits per heavy atom. The van der Waals surface area contributed by atoms with Gasteiger partial charge in [-0.3, -0.25) is 9.59 Å². The van der Waals surface area contributed by atoms with Gasteiger partial charge in [-0.25, -0.2) is 0 Å². The SMILES string of the molecule is C[N+](C)(CCCCCC[N+](C)(C)CCCN1C(=O)c2ccccc2C1Cc1ccccc1)CCCN1C(=O)c2ccccc2C1Cc1ccccc1. The van der Waals surface area contributed by atoms with Crippen molar-refractivity contribution in [3.63, 3.8) is 0 Å². The van der Waals surface area contributed by atoms with Gasteiger partial charge in [0.2, 0.25) is 0 Å². The van der Waals surface area contributed by atoms with Crippen LogP contribution in [0.5, 0.6) is 0 Å². The fourth-order valence-electron chi connectivity index (χ4n) is 8.52. The molecule has 2 aliphatic rings. The molecule has 0 radical (unpaired) electrons. The number of rotatable bonds is 19. The van der Waals surface area contributed by atoms with Gasteiger partial charge in [-0.1, -0.05) is 97.1 Å². The lowest BCUT2D eigenvalue weighted by atomic mass is 9.98. The molecule has 6 rings (SSSR count). The van der Waals surface area contributed by atoms with E-state index in [4.69, 9.17) is 0 Å². The van der Waals surface area contributed by atoms with Crippen molar-refractivity contribution >= 4 is 11.8 Å². The lowest BCUT2D eigenvalue weighted by Crippen LogP contribution is -2.43. The molecule has 0 aliphatic carbocycles. The van der Waals surface area contributed by atoms with E-state index in [1.165, 1.54) is 47.9 Å². The van der Waals surface area contributed by atoms with Crippen LogP contribution >= 0.6 is 0 Å². The predicted molar refractivity (Wildman–Crippen MR) is 212 cm³/mol. The summed E-state index contributed by atoms with van der Waals surface area (Å²) in [6.45, 7) is 6.06. The summed E-state index contributed by atoms with van der Waals surface area (Å²) in [5.74, 6) is 0.371. The minimum absolute atomic E-state index is 0.112. The maximum absolute atomic E-state index is 13.4. The summed E-state index contributed by atoms with van der Waals surface area (Å²) >= 11 is 0. The highest BCUT2D eigenvalue weighted by molar-refractivity contribution is 5.99. The minimum Gasteiger partial charge on any atom is -0.331 e. The average molecular weight is 701 g/mol. The Kier molecular flexibility index (Phi) is 12.3. The van der Waals surface area contributed by atoms with Gasteiger partial charge in [0.05, 0.1) is 66.5 Å². The molecule has 0 saturated heterocycles. The Hall–Kier alpha value is -4.26. The van der Waals surface area contributed by atoms with Crippen molar-refractivity contribution in [2.45, 2.75) is 63.5 Å². The van der Waals surface area contributed by atoms with E-state index in [2.05, 4.69) is 123 Å². The van der Waals surface area contributed by atoms with Gasteiger partial charge in [0, 0.05) is 37.1 Å². The van der Waals surface area contributed by atoms with Crippen LogP contribution < -0.4 is 0 Å². The van der Waals surface area contributed by atoms with Crippen LogP contribution in [-0.2, 0) is 12.8 Å². The van der Waals surface area contributed by atoms with Gasteiger partial charge in [-0.15, -0.1) is 0 Å². The fourth-order valence-corrected chi connectivity index (χ4v) is 8.52. The zero-order valence-electron chi connectivity index (χ0n) is 32.1. The summed E-state index contributed by atoms with van der Waals surface area (Å²) in [4.78, 5) is 31.2. The van der Waals surface area contributed by atoms with Crippen LogP contribution in [0.3, 0.4) is 0 Å². The molecule has 0 N–H and O–H groups in total. The standard InChI is InChI=1S/C46H60N4O2/c1-49(2,33-19-29-47-43(35-37-21-9-7-10-22-37)39-25-13-15-27-41(39)45(47)51)31-17-5-6-18-32-50(3,4)34-20-30-48-44(36-38-23-11-8-12-24-38)40-26-14-16-28-42(40)46(48)52/h7-16,21-28,43-44H,5-6,17-20,29-36H2,1-4H3/q+2. The summed E-state index contributed by atoms with van der Waals surface area (Å²) in [6, 6.07) is 37.7. The Morgan fingerprint density at radius 2 is 0.788 bits per heavy atom. The van der Waals surface area contributed by atoms with Crippen molar-refractivity contribution in [1.82, 2.24) is 9.80 Å². The molecular formula is C46H60N4O2+2. The third-order valence-electron chi connectivity index (χ3n) is 11.5. The van der Waals surface area contributed by atoms with Gasteiger partial charge >= 0.3 is 0 Å². The topological polar surface area (TPSA) is 40.6 Å². The molecule has 0 aromatic heterocycles. The molecule has 0 spiro atoms. The summed E-state index contributed by atoms with van der Waals surface area (Å²) in [5.41, 5.74) is 6.65. The summed E-state index contributed by atoms with van der Waals surface area (Å²) in [6.07, 6.45) is 8.69. The summed E-state index contributed by atoms with van der Waals surface area (Å²) in [7, 11) is 9.37. The maximum atomic E-state index is 13.4. The average Bonchev–Trinajstić information content (AvgIpc) is 3.56. The molecule has 0 fully saturated rings. The first-order valence-electron chi connectivity index (χ1n) is 19.6. The van der Waals surface area contributed by atoms with Gasteiger partial charge in [-0.2, -0.15) is 0 Å². The van der Waals surface area contributed by atoms with Gasteiger partial charge in [-0.05, 0) is 72.9 Å². The van der Waals surface area contributed by atoms with Crippen LogP contribution in [0.2, 0.25) is 0 Å². The normalized spacial score (nSPS) is 17.2. The van der Waals surface area contributed by atoms with E-state index in [1.54, 1.807) is 0 Å². The minimum atomic E-state index is 0.112. The number of amides is 2. The van der Waals surface area contributed by atoms with Crippen LogP contribution in [0.4, 0.5) is 0 Å². The molecule has 0 bridgehead atoms. The second-order valence-electron chi connectivity index (χ2n) is 16.5. The van der Waals surface area contributed by atoms with Gasteiger partial charge in [0.1, 0.15) is 0 Å². The third-order valence-corrected chi connectivity index (χ3v) is 11.5. The first-order chi connectivity index (χ1) is 25.1. The first kappa shape index (κ1) is 37.5. The molecule has 6 nitrogen and oxygen atoms in total. The fraction of sp³-hybridized carbons (Fsp3) is 0.435. The Balaban J connectivity index is 0.892. The summed E-state index contributed by atoms with van der Waals surface area (Å²) in [5, 5.41) is 0. The molecule has 52 heavy (non-hydrogen) atoms. The van der Waals surface area contributed by atoms with E-state index in [-0.39, 0.29) is 23.9 Å². The lowest BCUT2D eigenvalue weighted by Gasteiger charge is -2.32. The second kappa shape index (κ2) is 17.0. The van der Waals surface area contributed by atoms with Crippen molar-refractivity contribution in [3.8, 4) is 0 Å². The van der Waals surface area contributed by atoms with E-state index in [1.807, 2.05) is 24.3 Å². The number of hydrogen-bond acceptors (Lipinski definition) is 2. The summed E-state index contributed by atoms with van der Waals surface area (Å²) < 4.78 is 1.98. The van der Waals surface area contributed by atoms with Gasteiger partial charge < -0.3 is 18.8 Å². The zero-order chi connectivity index (χ0) is 36.6. The van der Waals surface area contributed by atoms with E-state index in [0.717, 1.165) is 85.0 Å². The quantitative estimate of drug-likeness (QED) is 0.0729. The second-order valence-corrected chi connectivity index (χ2v) is 16.5. The van der Waals surface area contributed by atoms with Crippen LogP contribution in [-0.4, -0.2) is 98.0 Å². The molecule has 2 aliphatic heterocycles. The highest BCUT2D eigenvalue weighted by atomic mass is 16.2. The molecule has 2 unspecified atom stereocenters. The number of carbonyl (C=O) groups is 2. The molecule has 4 aromatic rings. The van der Waals surface area contributed by atoms with Crippen LogP contribution in [0, 0.1) is 0 Å². The molecule has 4 aromatic carbocycles. The van der Waals surface area contributed by atoms with Gasteiger partial charge in [0.15, 0.2) is 0 Å². The van der Waals surface area contributed by atoms with Crippen LogP contribution in [0.1, 0.15) is 93.6 Å². The van der Waals surface area contributed by atoms with Crippen molar-refractivity contribution in [2.75, 3.05) is 67.5 Å². The number of fused-ring (bicyclic) bond motifs is 2. The Labute approximate surface area is 312 Å². The Morgan fingerprint density at radius 3 is 1.19 bits per heavy atom. The molecule has 6 heteroatoms. The molecule has 2 amide bonds. The first-order valence-corrected chi connectivity index (χ1v) is 19.6. The highest BCUT2D eigenvalue weighted by Crippen LogP contribution is 2.37. The monoisotopic (exact) mass is 700 g/mol. The van der Waals surface area contributed by atoms with Crippen molar-refractivity contribution < 1.29 is 18.6 Å². The van der Waals surface area contributed by atoms with E-state index in [9.17, 15) is 9.59 Å². The highest BCUT2D eigenvalue weighted by Gasteiger charge is 2.37. The van der Waals surface area contributed by atoms with Crippen LogP contribution in [0.15, 0.2) is 109 Å². The van der Waals surface area contributed by atoms with Gasteiger partial charge in [0.25, 0.3) is 11.8 Å². The number of nitrogens with zero attached hydrogens (tertiary/aromatic N) is 4. The molecule has 274 valence electrons. The third kappa shape index (κ3) is 9.39. The van der Waals surface area contributed by atoms with Crippen molar-refractivity contribution in [3.05, 3.63) is 143 Å². The number of unbranched alkanes of at least 4 members (excludes halogenated alkanes) is 3. The number of hydrogen-bond donors (Lipinski definition) is 0. The lowest BCUT2D eigenvalue weighted by molar-refractivity contribution is -0.891. The van der Waals surface area contributed by atoms with E-state index >= 15 is 0 Å². The van der Waals surface area contributed by atoms with E-state index in [0.29, 0.717) is 0 Å². The largest absolute Gasteiger partial charge is 0.331 e. The van der Waals surface area contributed by atoms with E-state index < -0.39 is 0 Å². The number of carbonyl (C=O) groups excluding carboxylic acids is 2. The zero-order valence-corrected chi connectivity index (χ0v) is 32.1. The molecular weight excluding hydrogens is 641 g/mol. The van der Waals surface area contributed by atoms with Crippen molar-refractivity contribution in [2.24, 2.45) is 0 Å². The predicted octanol–water partition coefficient (Wildman–Crippen LogP) is 8.36. The molecule has 2 atom stereocenters. The van der Waals surface area contributed by atoms with Crippen molar-refractivity contribution in [1.29, 1.82) is 0 Å². The van der Waals surface area contributed by atoms with Crippen LogP contribution in [0.25, 0.3) is 0 Å².